The third-order valence-corrected chi connectivity index (χ3v) is 5.18. The summed E-state index contributed by atoms with van der Waals surface area (Å²) in [5.41, 5.74) is 0. The Labute approximate surface area is 126 Å². The second-order valence-electron chi connectivity index (χ2n) is 6.13. The molecule has 6 heteroatoms. The summed E-state index contributed by atoms with van der Waals surface area (Å²) >= 11 is 0. The van der Waals surface area contributed by atoms with Gasteiger partial charge in [0.1, 0.15) is 0 Å². The predicted octanol–water partition coefficient (Wildman–Crippen LogP) is 2.12. The molecule has 0 aromatic heterocycles. The van der Waals surface area contributed by atoms with E-state index in [4.69, 9.17) is 0 Å². The number of carbonyl (C=O) groups excluding carboxylic acids is 2. The summed E-state index contributed by atoms with van der Waals surface area (Å²) in [4.78, 5) is 33.3. The Morgan fingerprint density at radius 3 is 2.38 bits per heavy atom. The number of amides is 4. The second-order valence-corrected chi connectivity index (χ2v) is 6.13. The molecule has 0 aliphatic carbocycles. The van der Waals surface area contributed by atoms with E-state index < -0.39 is 5.79 Å². The van der Waals surface area contributed by atoms with Crippen LogP contribution in [0.2, 0.25) is 0 Å². The highest BCUT2D eigenvalue weighted by Crippen LogP contribution is 2.40. The first kappa shape index (κ1) is 14.6. The van der Waals surface area contributed by atoms with Gasteiger partial charge >= 0.3 is 12.1 Å². The molecule has 0 aromatic carbocycles. The van der Waals surface area contributed by atoms with E-state index in [-0.39, 0.29) is 12.1 Å². The summed E-state index contributed by atoms with van der Waals surface area (Å²) in [5.74, 6) is -0.497. The van der Waals surface area contributed by atoms with Crippen molar-refractivity contribution in [2.45, 2.75) is 51.7 Å². The molecule has 3 aliphatic heterocycles. The number of rotatable bonds is 2. The average molecular weight is 294 g/mol. The molecule has 3 fully saturated rings. The van der Waals surface area contributed by atoms with E-state index in [1.165, 1.54) is 11.3 Å². The van der Waals surface area contributed by atoms with Gasteiger partial charge in [0.2, 0.25) is 0 Å². The van der Waals surface area contributed by atoms with Crippen LogP contribution in [0.4, 0.5) is 9.59 Å². The summed E-state index contributed by atoms with van der Waals surface area (Å²) < 4.78 is 0. The minimum absolute atomic E-state index is 0.0983. The van der Waals surface area contributed by atoms with E-state index >= 15 is 0 Å². The molecule has 1 atom stereocenters. The van der Waals surface area contributed by atoms with Gasteiger partial charge in [0.15, 0.2) is 5.79 Å². The van der Waals surface area contributed by atoms with Gasteiger partial charge in [0.05, 0.1) is 0 Å². The van der Waals surface area contributed by atoms with E-state index in [0.29, 0.717) is 13.1 Å². The molecule has 21 heavy (non-hydrogen) atoms. The van der Waals surface area contributed by atoms with E-state index in [0.717, 1.165) is 45.3 Å². The second kappa shape index (κ2) is 5.48. The first-order chi connectivity index (χ1) is 10.2. The van der Waals surface area contributed by atoms with Gasteiger partial charge in [-0.1, -0.05) is 6.42 Å². The van der Waals surface area contributed by atoms with Crippen LogP contribution in [-0.2, 0) is 0 Å². The van der Waals surface area contributed by atoms with Crippen LogP contribution in [0.1, 0.15) is 46.0 Å². The molecule has 3 saturated heterocycles. The van der Waals surface area contributed by atoms with Crippen LogP contribution < -0.4 is 0 Å². The van der Waals surface area contributed by atoms with Crippen molar-refractivity contribution in [1.82, 2.24) is 19.6 Å². The Morgan fingerprint density at radius 2 is 1.67 bits per heavy atom. The molecule has 0 N–H and O–H groups in total. The van der Waals surface area contributed by atoms with Crippen LogP contribution in [-0.4, -0.2) is 70.2 Å². The fourth-order valence-electron chi connectivity index (χ4n) is 4.26. The van der Waals surface area contributed by atoms with E-state index in [2.05, 4.69) is 4.90 Å². The van der Waals surface area contributed by atoms with Crippen LogP contribution in [0.15, 0.2) is 0 Å². The van der Waals surface area contributed by atoms with Gasteiger partial charge in [0, 0.05) is 39.1 Å². The van der Waals surface area contributed by atoms with Crippen molar-refractivity contribution < 1.29 is 9.59 Å². The lowest BCUT2D eigenvalue weighted by Gasteiger charge is -2.61. The lowest BCUT2D eigenvalue weighted by atomic mass is 10.0. The molecule has 0 saturated carbocycles. The number of hydrogen-bond acceptors (Lipinski definition) is 3. The lowest BCUT2D eigenvalue weighted by molar-refractivity contribution is -0.167. The van der Waals surface area contributed by atoms with E-state index in [1.807, 2.05) is 23.6 Å². The van der Waals surface area contributed by atoms with E-state index in [1.54, 1.807) is 0 Å². The molecule has 1 spiro atoms. The number of carbonyl (C=O) groups is 2. The number of nitrogens with zero attached hydrogens (tertiary/aromatic N) is 4. The zero-order chi connectivity index (χ0) is 15.0. The molecule has 0 unspecified atom stereocenters. The molecular formula is C15H26N4O2. The van der Waals surface area contributed by atoms with Crippen molar-refractivity contribution in [3.8, 4) is 0 Å². The van der Waals surface area contributed by atoms with Crippen molar-refractivity contribution in [2.75, 3.05) is 32.7 Å². The normalized spacial score (nSPS) is 31.0. The molecule has 3 heterocycles. The van der Waals surface area contributed by atoms with Crippen molar-refractivity contribution in [3.63, 3.8) is 0 Å². The Balaban J connectivity index is 2.07. The van der Waals surface area contributed by atoms with E-state index in [9.17, 15) is 9.59 Å². The maximum absolute atomic E-state index is 12.8. The number of imide groups is 1. The maximum atomic E-state index is 12.8. The van der Waals surface area contributed by atoms with Crippen molar-refractivity contribution in [2.24, 2.45) is 0 Å². The summed E-state index contributed by atoms with van der Waals surface area (Å²) in [7, 11) is 0. The quantitative estimate of drug-likeness (QED) is 0.784. The summed E-state index contributed by atoms with van der Waals surface area (Å²) in [6.07, 6.45) is 5.30. The Kier molecular flexibility index (Phi) is 3.82. The summed E-state index contributed by atoms with van der Waals surface area (Å²) in [6, 6.07) is -0.214. The van der Waals surface area contributed by atoms with Gasteiger partial charge in [0.25, 0.3) is 0 Å². The van der Waals surface area contributed by atoms with Crippen LogP contribution in [0.3, 0.4) is 0 Å². The molecule has 0 radical (unpaired) electrons. The zero-order valence-corrected chi connectivity index (χ0v) is 13.2. The molecule has 3 rings (SSSR count). The van der Waals surface area contributed by atoms with Crippen LogP contribution in [0, 0.1) is 0 Å². The molecule has 0 bridgehead atoms. The van der Waals surface area contributed by atoms with Gasteiger partial charge < -0.3 is 0 Å². The van der Waals surface area contributed by atoms with Crippen LogP contribution in [0.25, 0.3) is 0 Å². The van der Waals surface area contributed by atoms with Crippen LogP contribution in [0.5, 0.6) is 0 Å². The van der Waals surface area contributed by atoms with Crippen molar-refractivity contribution in [1.29, 1.82) is 0 Å². The fraction of sp³-hybridized carbons (Fsp3) is 0.867. The molecule has 0 aromatic rings. The fourth-order valence-corrected chi connectivity index (χ4v) is 4.26. The van der Waals surface area contributed by atoms with Gasteiger partial charge in [-0.15, -0.1) is 0 Å². The largest absolute Gasteiger partial charge is 0.331 e. The summed E-state index contributed by atoms with van der Waals surface area (Å²) in [6.45, 7) is 7.72. The minimum atomic E-state index is -0.497. The third-order valence-electron chi connectivity index (χ3n) is 5.18. The Hall–Kier alpha value is -1.30. The maximum Gasteiger partial charge on any atom is 0.331 e. The zero-order valence-electron chi connectivity index (χ0n) is 13.2. The molecule has 118 valence electrons. The standard InChI is InChI=1S/C15H26N4O2/c1-3-17-13(20)18(4-2)15-9-6-5-7-10-16(15)11-8-12-19(15)14(17)21/h3-12H2,1-2H3/t15-/m1/s1. The van der Waals surface area contributed by atoms with Gasteiger partial charge in [-0.3, -0.25) is 14.7 Å². The van der Waals surface area contributed by atoms with Gasteiger partial charge in [-0.2, -0.15) is 0 Å². The topological polar surface area (TPSA) is 47.1 Å². The average Bonchev–Trinajstić information content (AvgIpc) is 2.70. The predicted molar refractivity (Wildman–Crippen MR) is 79.6 cm³/mol. The van der Waals surface area contributed by atoms with Gasteiger partial charge in [-0.05, 0) is 33.1 Å². The highest BCUT2D eigenvalue weighted by molar-refractivity contribution is 5.96. The molecule has 6 nitrogen and oxygen atoms in total. The Morgan fingerprint density at radius 1 is 0.905 bits per heavy atom. The van der Waals surface area contributed by atoms with Gasteiger partial charge in [-0.25, -0.2) is 14.5 Å². The lowest BCUT2D eigenvalue weighted by Crippen LogP contribution is -2.80. The minimum Gasteiger partial charge on any atom is -0.288 e. The SMILES string of the molecule is CCN1C(=O)N(CC)[C@@]23CCCCCN2CCCN3C1=O. The van der Waals surface area contributed by atoms with Crippen LogP contribution >= 0.6 is 0 Å². The molecule has 3 aliphatic rings. The number of urea groups is 2. The molecular weight excluding hydrogens is 268 g/mol. The monoisotopic (exact) mass is 294 g/mol. The van der Waals surface area contributed by atoms with Crippen molar-refractivity contribution >= 4 is 12.1 Å². The number of hydrogen-bond donors (Lipinski definition) is 0. The molecule has 4 amide bonds. The smallest absolute Gasteiger partial charge is 0.288 e. The van der Waals surface area contributed by atoms with Crippen molar-refractivity contribution in [3.05, 3.63) is 0 Å². The first-order valence-corrected chi connectivity index (χ1v) is 8.32. The highest BCUT2D eigenvalue weighted by atomic mass is 16.2. The third kappa shape index (κ3) is 1.95. The Bertz CT molecular complexity index is 421. The summed E-state index contributed by atoms with van der Waals surface area (Å²) in [5, 5.41) is 0. The highest BCUT2D eigenvalue weighted by Gasteiger charge is 2.58. The first-order valence-electron chi connectivity index (χ1n) is 8.32.